The lowest BCUT2D eigenvalue weighted by Crippen LogP contribution is -2.30. The van der Waals surface area contributed by atoms with Crippen LogP contribution in [0.4, 0.5) is 0 Å². The quantitative estimate of drug-likeness (QED) is 0.0262. The fourth-order valence-corrected chi connectivity index (χ4v) is 8.14. The molecule has 0 aromatic rings. The maximum atomic E-state index is 12.8. The van der Waals surface area contributed by atoms with Crippen LogP contribution in [-0.2, 0) is 28.6 Å². The highest BCUT2D eigenvalue weighted by atomic mass is 16.6. The van der Waals surface area contributed by atoms with Crippen LogP contribution in [0.3, 0.4) is 0 Å². The van der Waals surface area contributed by atoms with E-state index in [0.29, 0.717) is 19.3 Å². The Kier molecular flexibility index (Phi) is 51.8. The first-order valence-electron chi connectivity index (χ1n) is 28.1. The van der Waals surface area contributed by atoms with Gasteiger partial charge in [-0.05, 0) is 57.8 Å². The molecule has 1 atom stereocenters. The highest BCUT2D eigenvalue weighted by Gasteiger charge is 2.19. The lowest BCUT2D eigenvalue weighted by Gasteiger charge is -2.18. The molecule has 0 heterocycles. The average Bonchev–Trinajstić information content (AvgIpc) is 3.30. The molecule has 0 aliphatic carbocycles. The second-order valence-corrected chi connectivity index (χ2v) is 18.8. The van der Waals surface area contributed by atoms with E-state index in [0.717, 1.165) is 83.5 Å². The number of hydrogen-bond donors (Lipinski definition) is 0. The molecule has 0 radical (unpaired) electrons. The summed E-state index contributed by atoms with van der Waals surface area (Å²) < 4.78 is 16.8. The smallest absolute Gasteiger partial charge is 0.306 e. The maximum Gasteiger partial charge on any atom is 0.306 e. The molecule has 378 valence electrons. The van der Waals surface area contributed by atoms with Gasteiger partial charge in [-0.15, -0.1) is 0 Å². The Morgan fingerprint density at radius 3 is 0.938 bits per heavy atom. The van der Waals surface area contributed by atoms with E-state index in [9.17, 15) is 14.4 Å². The Labute approximate surface area is 403 Å². The van der Waals surface area contributed by atoms with Crippen LogP contribution in [0, 0.1) is 0 Å². The minimum Gasteiger partial charge on any atom is -0.462 e. The summed E-state index contributed by atoms with van der Waals surface area (Å²) in [4.78, 5) is 37.8. The molecule has 0 aliphatic heterocycles. The van der Waals surface area contributed by atoms with E-state index in [1.807, 2.05) is 0 Å². The van der Waals surface area contributed by atoms with Crippen molar-refractivity contribution in [3.8, 4) is 0 Å². The van der Waals surface area contributed by atoms with E-state index in [4.69, 9.17) is 14.2 Å². The molecule has 0 fully saturated rings. The van der Waals surface area contributed by atoms with Crippen molar-refractivity contribution in [3.63, 3.8) is 0 Å². The lowest BCUT2D eigenvalue weighted by atomic mass is 10.0. The Hall–Kier alpha value is -2.63. The third-order valence-electron chi connectivity index (χ3n) is 12.3. The van der Waals surface area contributed by atoms with E-state index >= 15 is 0 Å². The first-order valence-corrected chi connectivity index (χ1v) is 28.1. The normalized spacial score (nSPS) is 12.4. The molecule has 0 N–H and O–H groups in total. The summed E-state index contributed by atoms with van der Waals surface area (Å²) in [6.45, 7) is 6.51. The maximum absolute atomic E-state index is 12.8. The first-order chi connectivity index (χ1) is 32.0. The summed E-state index contributed by atoms with van der Waals surface area (Å²) in [6.07, 6.45) is 65.6. The molecule has 0 spiro atoms. The van der Waals surface area contributed by atoms with Gasteiger partial charge in [0.25, 0.3) is 0 Å². The molecule has 1 unspecified atom stereocenters. The Morgan fingerprint density at radius 2 is 0.600 bits per heavy atom. The van der Waals surface area contributed by atoms with Crippen molar-refractivity contribution >= 4 is 17.9 Å². The van der Waals surface area contributed by atoms with Crippen molar-refractivity contribution in [2.75, 3.05) is 13.2 Å². The van der Waals surface area contributed by atoms with Gasteiger partial charge in [0.1, 0.15) is 13.2 Å². The van der Waals surface area contributed by atoms with Crippen molar-refractivity contribution in [1.29, 1.82) is 0 Å². The number of ether oxygens (including phenoxy) is 3. The summed E-state index contributed by atoms with van der Waals surface area (Å²) in [6, 6.07) is 0. The predicted octanol–water partition coefficient (Wildman–Crippen LogP) is 18.7. The molecule has 0 rings (SSSR count). The molecule has 0 aromatic heterocycles. The molecule has 0 saturated carbocycles. The fraction of sp³-hybridized carbons (Fsp3) is 0.814. The van der Waals surface area contributed by atoms with E-state index < -0.39 is 6.10 Å². The van der Waals surface area contributed by atoms with Crippen LogP contribution in [0.1, 0.15) is 290 Å². The Bertz CT molecular complexity index is 1140. The Morgan fingerprint density at radius 1 is 0.323 bits per heavy atom. The number of carbonyl (C=O) groups excluding carboxylic acids is 3. The van der Waals surface area contributed by atoms with Crippen molar-refractivity contribution in [2.45, 2.75) is 297 Å². The van der Waals surface area contributed by atoms with Crippen molar-refractivity contribution in [1.82, 2.24) is 0 Å². The van der Waals surface area contributed by atoms with Gasteiger partial charge in [0.15, 0.2) is 6.10 Å². The van der Waals surface area contributed by atoms with Crippen LogP contribution in [0.2, 0.25) is 0 Å². The molecule has 0 aromatic carbocycles. The van der Waals surface area contributed by atoms with Crippen molar-refractivity contribution in [3.05, 3.63) is 48.6 Å². The third kappa shape index (κ3) is 52.2. The average molecular weight is 911 g/mol. The summed E-state index contributed by atoms with van der Waals surface area (Å²) in [5.41, 5.74) is 0. The zero-order valence-corrected chi connectivity index (χ0v) is 43.3. The van der Waals surface area contributed by atoms with E-state index in [-0.39, 0.29) is 31.1 Å². The second-order valence-electron chi connectivity index (χ2n) is 18.8. The minimum atomic E-state index is -0.765. The topological polar surface area (TPSA) is 78.9 Å². The minimum absolute atomic E-state index is 0.0687. The van der Waals surface area contributed by atoms with Gasteiger partial charge in [-0.25, -0.2) is 0 Å². The van der Waals surface area contributed by atoms with Crippen molar-refractivity contribution < 1.29 is 28.6 Å². The summed E-state index contributed by atoms with van der Waals surface area (Å²) in [7, 11) is 0. The van der Waals surface area contributed by atoms with Gasteiger partial charge in [-0.2, -0.15) is 0 Å². The summed E-state index contributed by atoms with van der Waals surface area (Å²) >= 11 is 0. The van der Waals surface area contributed by atoms with Gasteiger partial charge in [0.2, 0.25) is 0 Å². The van der Waals surface area contributed by atoms with Crippen LogP contribution in [0.25, 0.3) is 0 Å². The first kappa shape index (κ1) is 62.4. The van der Waals surface area contributed by atoms with Gasteiger partial charge < -0.3 is 14.2 Å². The van der Waals surface area contributed by atoms with E-state index in [1.165, 1.54) is 167 Å². The molecular formula is C59H106O6. The van der Waals surface area contributed by atoms with Gasteiger partial charge in [0.05, 0.1) is 0 Å². The standard InChI is InChI=1S/C59H106O6/c1-4-7-10-13-16-18-20-22-23-24-25-26-27-28-29-30-31-32-33-34-35-37-38-40-43-46-49-52-58(61)64-55-56(54-63-57(60)51-48-45-42-15-12-9-6-3)65-59(62)53-50-47-44-41-39-36-21-19-17-14-11-8-5-2/h7,10,16,18,22-23,25-26,56H,4-6,8-9,11-15,17,19-21,24,27-55H2,1-3H3/b10-7-,18-16-,23-22-,26-25-. The van der Waals surface area contributed by atoms with Gasteiger partial charge in [-0.1, -0.05) is 262 Å². The van der Waals surface area contributed by atoms with Gasteiger partial charge in [0, 0.05) is 19.3 Å². The largest absolute Gasteiger partial charge is 0.462 e. The number of allylic oxidation sites excluding steroid dienone is 8. The lowest BCUT2D eigenvalue weighted by molar-refractivity contribution is -0.167. The van der Waals surface area contributed by atoms with Gasteiger partial charge >= 0.3 is 17.9 Å². The summed E-state index contributed by atoms with van der Waals surface area (Å²) in [5, 5.41) is 0. The predicted molar refractivity (Wildman–Crippen MR) is 279 cm³/mol. The molecule has 0 saturated heterocycles. The third-order valence-corrected chi connectivity index (χ3v) is 12.3. The van der Waals surface area contributed by atoms with Gasteiger partial charge in [-0.3, -0.25) is 14.4 Å². The number of hydrogen-bond acceptors (Lipinski definition) is 6. The molecule has 0 aliphatic rings. The zero-order valence-electron chi connectivity index (χ0n) is 43.3. The SMILES string of the molecule is CC/C=C\C/C=C\C/C=C\C/C=C\CCCCCCCCCCCCCCCCC(=O)OCC(COC(=O)CCCCCCCCC)OC(=O)CCCCCCCCCCCCCCC. The Balaban J connectivity index is 4.07. The highest BCUT2D eigenvalue weighted by molar-refractivity contribution is 5.71. The van der Waals surface area contributed by atoms with Crippen LogP contribution < -0.4 is 0 Å². The number of esters is 3. The molecule has 6 heteroatoms. The number of unbranched alkanes of at least 4 members (excludes halogenated alkanes) is 32. The molecule has 6 nitrogen and oxygen atoms in total. The molecular weight excluding hydrogens is 805 g/mol. The second kappa shape index (κ2) is 54.0. The monoisotopic (exact) mass is 911 g/mol. The fourth-order valence-electron chi connectivity index (χ4n) is 8.14. The van der Waals surface area contributed by atoms with E-state index in [2.05, 4.69) is 69.4 Å². The van der Waals surface area contributed by atoms with Crippen LogP contribution in [0.15, 0.2) is 48.6 Å². The molecule has 0 bridgehead atoms. The number of rotatable bonds is 51. The van der Waals surface area contributed by atoms with Crippen LogP contribution in [-0.4, -0.2) is 37.2 Å². The molecule has 65 heavy (non-hydrogen) atoms. The van der Waals surface area contributed by atoms with Crippen LogP contribution in [0.5, 0.6) is 0 Å². The van der Waals surface area contributed by atoms with E-state index in [1.54, 1.807) is 0 Å². The van der Waals surface area contributed by atoms with Crippen molar-refractivity contribution in [2.24, 2.45) is 0 Å². The summed E-state index contributed by atoms with van der Waals surface area (Å²) in [5.74, 6) is -0.863. The molecule has 0 amide bonds. The highest BCUT2D eigenvalue weighted by Crippen LogP contribution is 2.16. The van der Waals surface area contributed by atoms with Crippen LogP contribution >= 0.6 is 0 Å². The zero-order chi connectivity index (χ0) is 47.2. The number of carbonyl (C=O) groups is 3.